The predicted octanol–water partition coefficient (Wildman–Crippen LogP) is 2.54. The van der Waals surface area contributed by atoms with Crippen LogP contribution in [0.25, 0.3) is 0 Å². The average molecular weight is 246 g/mol. The molecule has 0 amide bonds. The molecule has 1 atom stereocenters. The second-order valence-corrected chi connectivity index (χ2v) is 4.34. The number of anilines is 1. The molecule has 0 aliphatic heterocycles. The van der Waals surface area contributed by atoms with E-state index in [4.69, 9.17) is 0 Å². The Morgan fingerprint density at radius 1 is 1.22 bits per heavy atom. The molecule has 2 rings (SSSR count). The van der Waals surface area contributed by atoms with Gasteiger partial charge in [-0.15, -0.1) is 0 Å². The van der Waals surface area contributed by atoms with Crippen molar-refractivity contribution in [2.45, 2.75) is 12.5 Å². The SMILES string of the molecule is CC(CO)(Nc1ccc(F)cc1)c1ccccn1. The van der Waals surface area contributed by atoms with E-state index in [-0.39, 0.29) is 12.4 Å². The van der Waals surface area contributed by atoms with E-state index in [1.54, 1.807) is 18.3 Å². The van der Waals surface area contributed by atoms with Gasteiger partial charge in [0.25, 0.3) is 0 Å². The highest BCUT2D eigenvalue weighted by atomic mass is 19.1. The molecule has 18 heavy (non-hydrogen) atoms. The molecule has 3 nitrogen and oxygen atoms in total. The standard InChI is InChI=1S/C14H15FN2O/c1-14(10-18,13-4-2-3-9-16-13)17-12-7-5-11(15)6-8-12/h2-9,17-18H,10H2,1H3. The highest BCUT2D eigenvalue weighted by Gasteiger charge is 2.26. The quantitative estimate of drug-likeness (QED) is 0.871. The predicted molar refractivity (Wildman–Crippen MR) is 68.7 cm³/mol. The van der Waals surface area contributed by atoms with Crippen LogP contribution in [0, 0.1) is 5.82 Å². The van der Waals surface area contributed by atoms with Gasteiger partial charge < -0.3 is 10.4 Å². The van der Waals surface area contributed by atoms with Gasteiger partial charge in [0.1, 0.15) is 5.82 Å². The van der Waals surface area contributed by atoms with Crippen LogP contribution in [0.5, 0.6) is 0 Å². The Kier molecular flexibility index (Phi) is 3.58. The first-order valence-corrected chi connectivity index (χ1v) is 5.70. The lowest BCUT2D eigenvalue weighted by Crippen LogP contribution is -2.36. The van der Waals surface area contributed by atoms with Gasteiger partial charge in [-0.1, -0.05) is 6.07 Å². The van der Waals surface area contributed by atoms with Crippen LogP contribution in [-0.2, 0) is 5.54 Å². The fourth-order valence-corrected chi connectivity index (χ4v) is 1.73. The van der Waals surface area contributed by atoms with Crippen LogP contribution in [0.1, 0.15) is 12.6 Å². The van der Waals surface area contributed by atoms with Crippen LogP contribution < -0.4 is 5.32 Å². The van der Waals surface area contributed by atoms with E-state index in [0.717, 1.165) is 11.4 Å². The summed E-state index contributed by atoms with van der Waals surface area (Å²) in [5.74, 6) is -0.288. The van der Waals surface area contributed by atoms with Gasteiger partial charge in [0.05, 0.1) is 17.8 Å². The van der Waals surface area contributed by atoms with Crippen molar-refractivity contribution in [1.29, 1.82) is 0 Å². The first-order valence-electron chi connectivity index (χ1n) is 5.70. The molecule has 0 aliphatic rings. The summed E-state index contributed by atoms with van der Waals surface area (Å²) in [6.07, 6.45) is 1.68. The lowest BCUT2D eigenvalue weighted by Gasteiger charge is -2.29. The Morgan fingerprint density at radius 3 is 2.50 bits per heavy atom. The third-order valence-corrected chi connectivity index (χ3v) is 2.81. The molecule has 1 aromatic carbocycles. The monoisotopic (exact) mass is 246 g/mol. The van der Waals surface area contributed by atoms with Gasteiger partial charge in [-0.3, -0.25) is 4.98 Å². The van der Waals surface area contributed by atoms with Gasteiger partial charge in [-0.2, -0.15) is 0 Å². The number of hydrogen-bond donors (Lipinski definition) is 2. The molecule has 0 bridgehead atoms. The van der Waals surface area contributed by atoms with Gasteiger partial charge >= 0.3 is 0 Å². The van der Waals surface area contributed by atoms with Gasteiger partial charge in [0.2, 0.25) is 0 Å². The van der Waals surface area contributed by atoms with Crippen molar-refractivity contribution in [2.75, 3.05) is 11.9 Å². The maximum Gasteiger partial charge on any atom is 0.123 e. The van der Waals surface area contributed by atoms with Gasteiger partial charge in [0, 0.05) is 11.9 Å². The van der Waals surface area contributed by atoms with E-state index in [0.29, 0.717) is 0 Å². The highest BCUT2D eigenvalue weighted by Crippen LogP contribution is 2.24. The second kappa shape index (κ2) is 5.14. The first kappa shape index (κ1) is 12.5. The molecule has 0 radical (unpaired) electrons. The normalized spacial score (nSPS) is 13.9. The van der Waals surface area contributed by atoms with Crippen LogP contribution in [0.3, 0.4) is 0 Å². The summed E-state index contributed by atoms with van der Waals surface area (Å²) in [7, 11) is 0. The summed E-state index contributed by atoms with van der Waals surface area (Å²) in [4.78, 5) is 4.24. The molecule has 0 spiro atoms. The lowest BCUT2D eigenvalue weighted by atomic mass is 9.97. The van der Waals surface area contributed by atoms with E-state index < -0.39 is 5.54 Å². The lowest BCUT2D eigenvalue weighted by molar-refractivity contribution is 0.221. The number of aliphatic hydroxyl groups is 1. The molecule has 2 aromatic rings. The van der Waals surface area contributed by atoms with Crippen molar-refractivity contribution in [3.05, 3.63) is 60.2 Å². The van der Waals surface area contributed by atoms with Crippen LogP contribution in [0.4, 0.5) is 10.1 Å². The highest BCUT2D eigenvalue weighted by molar-refractivity contribution is 5.46. The molecular weight excluding hydrogens is 231 g/mol. The molecule has 1 unspecified atom stereocenters. The van der Waals surface area contributed by atoms with Crippen LogP contribution in [-0.4, -0.2) is 16.7 Å². The number of aromatic nitrogens is 1. The average Bonchev–Trinajstić information content (AvgIpc) is 2.42. The van der Waals surface area contributed by atoms with E-state index in [2.05, 4.69) is 10.3 Å². The molecule has 1 aromatic heterocycles. The van der Waals surface area contributed by atoms with E-state index in [9.17, 15) is 9.50 Å². The zero-order valence-electron chi connectivity index (χ0n) is 10.1. The molecule has 0 saturated heterocycles. The number of pyridine rings is 1. The second-order valence-electron chi connectivity index (χ2n) is 4.34. The number of benzene rings is 1. The van der Waals surface area contributed by atoms with Gasteiger partial charge in [0.15, 0.2) is 0 Å². The Hall–Kier alpha value is -1.94. The van der Waals surface area contributed by atoms with Crippen LogP contribution in [0.2, 0.25) is 0 Å². The fourth-order valence-electron chi connectivity index (χ4n) is 1.73. The molecule has 2 N–H and O–H groups in total. The van der Waals surface area contributed by atoms with Crippen molar-refractivity contribution in [3.8, 4) is 0 Å². The first-order chi connectivity index (χ1) is 8.64. The van der Waals surface area contributed by atoms with E-state index in [1.807, 2.05) is 25.1 Å². The maximum absolute atomic E-state index is 12.8. The Labute approximate surface area is 105 Å². The third-order valence-electron chi connectivity index (χ3n) is 2.81. The van der Waals surface area contributed by atoms with Crippen molar-refractivity contribution in [1.82, 2.24) is 4.98 Å². The summed E-state index contributed by atoms with van der Waals surface area (Å²) in [6, 6.07) is 11.5. The van der Waals surface area contributed by atoms with E-state index >= 15 is 0 Å². The topological polar surface area (TPSA) is 45.1 Å². The Morgan fingerprint density at radius 2 is 1.94 bits per heavy atom. The van der Waals surface area contributed by atoms with Gasteiger partial charge in [-0.05, 0) is 43.3 Å². The van der Waals surface area contributed by atoms with Crippen molar-refractivity contribution in [3.63, 3.8) is 0 Å². The Bertz CT molecular complexity index is 501. The molecule has 0 saturated carbocycles. The molecule has 0 fully saturated rings. The fraction of sp³-hybridized carbons (Fsp3) is 0.214. The smallest absolute Gasteiger partial charge is 0.123 e. The number of halogens is 1. The minimum absolute atomic E-state index is 0.110. The summed E-state index contributed by atoms with van der Waals surface area (Å²) in [5.41, 5.74) is 0.773. The van der Waals surface area contributed by atoms with Crippen LogP contribution in [0.15, 0.2) is 48.7 Å². The van der Waals surface area contributed by atoms with E-state index in [1.165, 1.54) is 12.1 Å². The summed E-state index contributed by atoms with van der Waals surface area (Å²) in [6.45, 7) is 1.74. The van der Waals surface area contributed by atoms with Crippen molar-refractivity contribution >= 4 is 5.69 Å². The zero-order valence-corrected chi connectivity index (χ0v) is 10.1. The molecule has 0 aliphatic carbocycles. The summed E-state index contributed by atoms with van der Waals surface area (Å²) < 4.78 is 12.8. The number of nitrogens with one attached hydrogen (secondary N) is 1. The van der Waals surface area contributed by atoms with Crippen molar-refractivity contribution < 1.29 is 9.50 Å². The summed E-state index contributed by atoms with van der Waals surface area (Å²) >= 11 is 0. The van der Waals surface area contributed by atoms with Crippen LogP contribution >= 0.6 is 0 Å². The number of hydrogen-bond acceptors (Lipinski definition) is 3. The largest absolute Gasteiger partial charge is 0.394 e. The molecule has 1 heterocycles. The van der Waals surface area contributed by atoms with Gasteiger partial charge in [-0.25, -0.2) is 4.39 Å². The minimum Gasteiger partial charge on any atom is -0.394 e. The third kappa shape index (κ3) is 2.65. The van der Waals surface area contributed by atoms with Crippen molar-refractivity contribution in [2.24, 2.45) is 0 Å². The molecule has 94 valence electrons. The number of rotatable bonds is 4. The zero-order chi connectivity index (χ0) is 13.0. The molecular formula is C14H15FN2O. The number of nitrogens with zero attached hydrogens (tertiary/aromatic N) is 1. The summed E-state index contributed by atoms with van der Waals surface area (Å²) in [5, 5.41) is 12.7. The Balaban J connectivity index is 2.26. The minimum atomic E-state index is -0.695. The number of aliphatic hydroxyl groups excluding tert-OH is 1. The maximum atomic E-state index is 12.8. The molecule has 4 heteroatoms.